The summed E-state index contributed by atoms with van der Waals surface area (Å²) in [6, 6.07) is 11.5. The summed E-state index contributed by atoms with van der Waals surface area (Å²) in [5.74, 6) is -0.0885. The average Bonchev–Trinajstić information content (AvgIpc) is 3.08. The maximum absolute atomic E-state index is 13.6. The van der Waals surface area contributed by atoms with Crippen molar-refractivity contribution in [3.05, 3.63) is 64.3 Å². The molecule has 1 aromatic heterocycles. The number of benzodiazepines with no additional fused rings is 1. The molecule has 41 heavy (non-hydrogen) atoms. The lowest BCUT2D eigenvalue weighted by molar-refractivity contribution is -0.119. The average molecular weight is 596 g/mol. The van der Waals surface area contributed by atoms with Crippen LogP contribution in [0.1, 0.15) is 16.7 Å². The number of methoxy groups -OCH3 is 2. The highest BCUT2D eigenvalue weighted by Gasteiger charge is 2.32. The van der Waals surface area contributed by atoms with E-state index in [-0.39, 0.29) is 22.9 Å². The highest BCUT2D eigenvalue weighted by atomic mass is 35.5. The molecule has 1 unspecified atom stereocenters. The Balaban J connectivity index is 1.46. The van der Waals surface area contributed by atoms with E-state index in [4.69, 9.17) is 43.0 Å². The summed E-state index contributed by atoms with van der Waals surface area (Å²) in [6.07, 6.45) is 0.470. The van der Waals surface area contributed by atoms with Crippen LogP contribution in [0, 0.1) is 6.92 Å². The Morgan fingerprint density at radius 3 is 2.61 bits per heavy atom. The number of ether oxygens (including phenoxy) is 3. The number of halogens is 1. The number of amides is 1. The smallest absolute Gasteiger partial charge is 0.319 e. The zero-order chi connectivity index (χ0) is 29.1. The summed E-state index contributed by atoms with van der Waals surface area (Å²) >= 11 is 12.0. The number of aryl methyl sites for hydroxylation is 1. The Morgan fingerprint density at radius 2 is 1.90 bits per heavy atom. The van der Waals surface area contributed by atoms with E-state index in [0.717, 1.165) is 30.0 Å². The number of hydrogen-bond acceptors (Lipinski definition) is 9. The van der Waals surface area contributed by atoms with Gasteiger partial charge in [-0.15, -0.1) is 0 Å². The molecule has 0 spiro atoms. The van der Waals surface area contributed by atoms with Crippen molar-refractivity contribution >= 4 is 57.6 Å². The van der Waals surface area contributed by atoms with Crippen LogP contribution in [0.2, 0.25) is 5.02 Å². The van der Waals surface area contributed by atoms with Crippen LogP contribution >= 0.6 is 23.8 Å². The van der Waals surface area contributed by atoms with Crippen molar-refractivity contribution in [1.29, 1.82) is 0 Å². The van der Waals surface area contributed by atoms with Crippen LogP contribution in [0.3, 0.4) is 0 Å². The minimum atomic E-state index is -1.07. The molecule has 1 amide bonds. The number of thiocarbonyl (C=S) groups is 1. The first kappa shape index (κ1) is 28.5. The fourth-order valence-electron chi connectivity index (χ4n) is 4.71. The SMILES string of the molecule is COc1ncc(C2=NC(NC(=S)Nc3ccc(N4CCOCC4)cc3C)C(=O)N(C)c3ccc(Cl)cc32)c(OC)n1. The minimum absolute atomic E-state index is 0.134. The van der Waals surface area contributed by atoms with Gasteiger partial charge in [-0.1, -0.05) is 11.6 Å². The lowest BCUT2D eigenvalue weighted by atomic mass is 10.0. The predicted octanol–water partition coefficient (Wildman–Crippen LogP) is 3.42. The number of aliphatic imine (C=N–C) groups is 1. The molecule has 0 saturated carbocycles. The van der Waals surface area contributed by atoms with Crippen molar-refractivity contribution in [1.82, 2.24) is 15.3 Å². The molecule has 214 valence electrons. The molecular formula is C28H30ClN7O4S. The van der Waals surface area contributed by atoms with Gasteiger partial charge >= 0.3 is 6.01 Å². The van der Waals surface area contributed by atoms with Gasteiger partial charge in [0.2, 0.25) is 12.0 Å². The second kappa shape index (κ2) is 12.2. The molecule has 0 bridgehead atoms. The van der Waals surface area contributed by atoms with Gasteiger partial charge in [0.25, 0.3) is 5.91 Å². The van der Waals surface area contributed by atoms with Crippen molar-refractivity contribution in [2.75, 3.05) is 62.7 Å². The topological polar surface area (TPSA) is 113 Å². The number of carbonyl (C=O) groups excluding carboxylic acids is 1. The molecule has 1 atom stereocenters. The number of likely N-dealkylation sites (N-methyl/N-ethyl adjacent to an activating group) is 1. The van der Waals surface area contributed by atoms with Crippen LogP contribution < -0.4 is 29.9 Å². The maximum atomic E-state index is 13.6. The van der Waals surface area contributed by atoms with Gasteiger partial charge in [-0.25, -0.2) is 9.98 Å². The fourth-order valence-corrected chi connectivity index (χ4v) is 5.10. The summed E-state index contributed by atoms with van der Waals surface area (Å²) in [5, 5.41) is 7.01. The molecule has 11 nitrogen and oxygen atoms in total. The van der Waals surface area contributed by atoms with Crippen LogP contribution in [0.5, 0.6) is 11.9 Å². The Bertz CT molecular complexity index is 1510. The standard InChI is InChI=1S/C28H30ClN7O4S/c1-16-13-18(36-9-11-40-12-10-36)6-7-21(16)31-28(41)33-24-26(37)35(2)22-8-5-17(29)14-19(22)23(32-24)20-15-30-27(39-4)34-25(20)38-3/h5-8,13-15,24H,9-12H2,1-4H3,(H2,31,33,41). The third-order valence-corrected chi connectivity index (χ3v) is 7.32. The number of carbonyl (C=O) groups is 1. The third kappa shape index (κ3) is 6.04. The quantitative estimate of drug-likeness (QED) is 0.411. The molecule has 2 aliphatic rings. The minimum Gasteiger partial charge on any atom is -0.480 e. The normalized spacial score (nSPS) is 16.9. The van der Waals surface area contributed by atoms with Gasteiger partial charge in [0.15, 0.2) is 5.11 Å². The molecule has 2 N–H and O–H groups in total. The highest BCUT2D eigenvalue weighted by Crippen LogP contribution is 2.32. The van der Waals surface area contributed by atoms with E-state index in [9.17, 15) is 4.79 Å². The first-order valence-corrected chi connectivity index (χ1v) is 13.7. The van der Waals surface area contributed by atoms with E-state index < -0.39 is 6.17 Å². The summed E-state index contributed by atoms with van der Waals surface area (Å²) < 4.78 is 16.2. The zero-order valence-corrected chi connectivity index (χ0v) is 24.7. The molecule has 1 saturated heterocycles. The van der Waals surface area contributed by atoms with Crippen LogP contribution in [-0.2, 0) is 9.53 Å². The number of nitrogens with one attached hydrogen (secondary N) is 2. The van der Waals surface area contributed by atoms with E-state index in [0.29, 0.717) is 40.8 Å². The predicted molar refractivity (Wildman–Crippen MR) is 163 cm³/mol. The summed E-state index contributed by atoms with van der Waals surface area (Å²) in [5.41, 5.74) is 5.03. The van der Waals surface area contributed by atoms with E-state index in [2.05, 4.69) is 31.6 Å². The summed E-state index contributed by atoms with van der Waals surface area (Å²) in [7, 11) is 4.63. The van der Waals surface area contributed by atoms with E-state index in [1.807, 2.05) is 19.1 Å². The second-order valence-electron chi connectivity index (χ2n) is 9.42. The zero-order valence-electron chi connectivity index (χ0n) is 23.1. The van der Waals surface area contributed by atoms with Crippen LogP contribution in [0.25, 0.3) is 0 Å². The lowest BCUT2D eigenvalue weighted by Crippen LogP contribution is -2.47. The number of rotatable bonds is 6. The number of morpholine rings is 1. The van der Waals surface area contributed by atoms with E-state index >= 15 is 0 Å². The molecule has 2 aromatic carbocycles. The van der Waals surface area contributed by atoms with Crippen molar-refractivity contribution in [3.8, 4) is 11.9 Å². The van der Waals surface area contributed by atoms with Gasteiger partial charge in [0, 0.05) is 48.3 Å². The molecule has 2 aliphatic heterocycles. The summed E-state index contributed by atoms with van der Waals surface area (Å²) in [4.78, 5) is 30.8. The number of anilines is 3. The Kier molecular flexibility index (Phi) is 8.52. The molecule has 5 rings (SSSR count). The lowest BCUT2D eigenvalue weighted by Gasteiger charge is -2.29. The maximum Gasteiger partial charge on any atom is 0.319 e. The van der Waals surface area contributed by atoms with Crippen molar-refractivity contribution in [2.24, 2.45) is 4.99 Å². The third-order valence-electron chi connectivity index (χ3n) is 6.86. The van der Waals surface area contributed by atoms with Gasteiger partial charge < -0.3 is 34.6 Å². The monoisotopic (exact) mass is 595 g/mol. The highest BCUT2D eigenvalue weighted by molar-refractivity contribution is 7.80. The van der Waals surface area contributed by atoms with E-state index in [1.165, 1.54) is 25.3 Å². The number of nitrogens with zero attached hydrogens (tertiary/aromatic N) is 5. The Labute approximate surface area is 248 Å². The van der Waals surface area contributed by atoms with Gasteiger partial charge in [0.1, 0.15) is 0 Å². The molecule has 1 fully saturated rings. The second-order valence-corrected chi connectivity index (χ2v) is 10.3. The van der Waals surface area contributed by atoms with E-state index in [1.54, 1.807) is 25.2 Å². The molecule has 3 heterocycles. The molecule has 0 radical (unpaired) electrons. The Hall–Kier alpha value is -4.00. The first-order valence-electron chi connectivity index (χ1n) is 12.9. The van der Waals surface area contributed by atoms with Gasteiger partial charge in [-0.05, 0) is 61.1 Å². The number of hydrogen-bond donors (Lipinski definition) is 2. The first-order chi connectivity index (χ1) is 19.8. The fraction of sp³-hybridized carbons (Fsp3) is 0.321. The number of benzene rings is 2. The van der Waals surface area contributed by atoms with Crippen molar-refractivity contribution < 1.29 is 19.0 Å². The van der Waals surface area contributed by atoms with Gasteiger partial charge in [0.05, 0.1) is 44.4 Å². The van der Waals surface area contributed by atoms with Crippen LogP contribution in [0.4, 0.5) is 17.1 Å². The van der Waals surface area contributed by atoms with Crippen LogP contribution in [0.15, 0.2) is 47.6 Å². The largest absolute Gasteiger partial charge is 0.480 e. The molecule has 3 aromatic rings. The number of aromatic nitrogens is 2. The van der Waals surface area contributed by atoms with Crippen molar-refractivity contribution in [3.63, 3.8) is 0 Å². The molecular weight excluding hydrogens is 566 g/mol. The summed E-state index contributed by atoms with van der Waals surface area (Å²) in [6.45, 7) is 5.13. The van der Waals surface area contributed by atoms with Gasteiger partial charge in [-0.2, -0.15) is 4.98 Å². The van der Waals surface area contributed by atoms with Crippen LogP contribution in [-0.4, -0.2) is 80.4 Å². The Morgan fingerprint density at radius 1 is 1.12 bits per heavy atom. The number of fused-ring (bicyclic) bond motifs is 1. The molecule has 0 aliphatic carbocycles. The molecule has 13 heteroatoms. The van der Waals surface area contributed by atoms with Gasteiger partial charge in [-0.3, -0.25) is 4.79 Å². The van der Waals surface area contributed by atoms with Crippen molar-refractivity contribution in [2.45, 2.75) is 13.1 Å².